The van der Waals surface area contributed by atoms with Crippen molar-refractivity contribution in [3.05, 3.63) is 47.8 Å². The van der Waals surface area contributed by atoms with Crippen molar-refractivity contribution in [1.29, 1.82) is 0 Å². The lowest BCUT2D eigenvalue weighted by Crippen LogP contribution is -1.98. The third kappa shape index (κ3) is 2.04. The van der Waals surface area contributed by atoms with E-state index in [0.717, 1.165) is 16.7 Å². The van der Waals surface area contributed by atoms with E-state index in [1.54, 1.807) is 12.3 Å². The molecule has 0 bridgehead atoms. The summed E-state index contributed by atoms with van der Waals surface area (Å²) in [6.45, 7) is 9.06. The predicted octanol–water partition coefficient (Wildman–Crippen LogP) is 3.26. The lowest BCUT2D eigenvalue weighted by Gasteiger charge is -1.95. The van der Waals surface area contributed by atoms with Gasteiger partial charge in [0.2, 0.25) is 5.78 Å². The van der Waals surface area contributed by atoms with Crippen LogP contribution in [0.15, 0.2) is 36.6 Å². The molecule has 1 aliphatic rings. The molecule has 0 saturated carbocycles. The summed E-state index contributed by atoms with van der Waals surface area (Å²) in [6.07, 6.45) is 3.41. The Morgan fingerprint density at radius 2 is 1.93 bits per heavy atom. The number of hydrogen-bond donors (Lipinski definition) is 0. The number of nitrogens with zero attached hydrogens (tertiary/aromatic N) is 1. The van der Waals surface area contributed by atoms with E-state index in [9.17, 15) is 4.79 Å². The highest BCUT2D eigenvalue weighted by molar-refractivity contribution is 6.18. The van der Waals surface area contributed by atoms with Crippen molar-refractivity contribution in [2.75, 3.05) is 0 Å². The van der Waals surface area contributed by atoms with E-state index in [2.05, 4.69) is 11.6 Å². The summed E-state index contributed by atoms with van der Waals surface area (Å²) < 4.78 is 0. The molecule has 0 fully saturated rings. The molecule has 0 aliphatic heterocycles. The highest BCUT2D eigenvalue weighted by Crippen LogP contribution is 2.29. The fourth-order valence-corrected chi connectivity index (χ4v) is 1.44. The second kappa shape index (κ2) is 4.69. The van der Waals surface area contributed by atoms with Crippen LogP contribution in [0.2, 0.25) is 0 Å². The van der Waals surface area contributed by atoms with Crippen LogP contribution in [0.1, 0.15) is 36.8 Å². The summed E-state index contributed by atoms with van der Waals surface area (Å²) in [4.78, 5) is 15.5. The van der Waals surface area contributed by atoms with Crippen molar-refractivity contribution in [3.8, 4) is 0 Å². The zero-order chi connectivity index (χ0) is 11.4. The Morgan fingerprint density at radius 1 is 1.33 bits per heavy atom. The zero-order valence-electron chi connectivity index (χ0n) is 9.37. The van der Waals surface area contributed by atoms with Crippen LogP contribution in [-0.2, 0) is 0 Å². The molecule has 2 rings (SSSR count). The summed E-state index contributed by atoms with van der Waals surface area (Å²) in [5, 5.41) is 0. The SMILES string of the molecule is C=CC.CC1=C(C)c2cccnc2C1=O. The minimum atomic E-state index is 0.0723. The average molecular weight is 201 g/mol. The fourth-order valence-electron chi connectivity index (χ4n) is 1.44. The third-order valence-electron chi connectivity index (χ3n) is 2.33. The van der Waals surface area contributed by atoms with Crippen LogP contribution in [0.4, 0.5) is 0 Å². The minimum Gasteiger partial charge on any atom is -0.287 e. The van der Waals surface area contributed by atoms with Crippen LogP contribution >= 0.6 is 0 Å². The number of carbonyl (C=O) groups excluding carboxylic acids is 1. The summed E-state index contributed by atoms with van der Waals surface area (Å²) in [5.41, 5.74) is 3.47. The molecular weight excluding hydrogens is 186 g/mol. The molecule has 0 saturated heterocycles. The van der Waals surface area contributed by atoms with E-state index in [4.69, 9.17) is 0 Å². The van der Waals surface area contributed by atoms with Crippen molar-refractivity contribution in [1.82, 2.24) is 4.98 Å². The first-order valence-corrected chi connectivity index (χ1v) is 4.88. The molecule has 2 heteroatoms. The Morgan fingerprint density at radius 3 is 2.47 bits per heavy atom. The zero-order valence-corrected chi connectivity index (χ0v) is 9.37. The first-order valence-electron chi connectivity index (χ1n) is 4.88. The summed E-state index contributed by atoms with van der Waals surface area (Å²) in [5.74, 6) is 0.0723. The third-order valence-corrected chi connectivity index (χ3v) is 2.33. The summed E-state index contributed by atoms with van der Waals surface area (Å²) >= 11 is 0. The average Bonchev–Trinajstić information content (AvgIpc) is 2.46. The van der Waals surface area contributed by atoms with Crippen molar-refractivity contribution in [2.45, 2.75) is 20.8 Å². The first-order chi connectivity index (χ1) is 7.13. The van der Waals surface area contributed by atoms with E-state index in [-0.39, 0.29) is 5.78 Å². The van der Waals surface area contributed by atoms with E-state index in [1.807, 2.05) is 32.9 Å². The van der Waals surface area contributed by atoms with Crippen LogP contribution in [0.5, 0.6) is 0 Å². The van der Waals surface area contributed by atoms with Crippen molar-refractivity contribution in [2.24, 2.45) is 0 Å². The number of ketones is 1. The molecule has 1 aromatic rings. The van der Waals surface area contributed by atoms with Crippen molar-refractivity contribution >= 4 is 11.4 Å². The molecule has 1 heterocycles. The van der Waals surface area contributed by atoms with Gasteiger partial charge < -0.3 is 0 Å². The number of pyridine rings is 1. The smallest absolute Gasteiger partial charge is 0.207 e. The van der Waals surface area contributed by atoms with Gasteiger partial charge in [-0.2, -0.15) is 0 Å². The van der Waals surface area contributed by atoms with E-state index >= 15 is 0 Å². The minimum absolute atomic E-state index is 0.0723. The van der Waals surface area contributed by atoms with Gasteiger partial charge in [0.15, 0.2) is 0 Å². The van der Waals surface area contributed by atoms with Gasteiger partial charge >= 0.3 is 0 Å². The molecule has 1 aromatic heterocycles. The largest absolute Gasteiger partial charge is 0.287 e. The molecule has 0 aromatic carbocycles. The number of rotatable bonds is 0. The number of allylic oxidation sites excluding steroid dienone is 3. The Balaban J connectivity index is 0.000000337. The molecule has 0 radical (unpaired) electrons. The van der Waals surface area contributed by atoms with Crippen LogP contribution in [-0.4, -0.2) is 10.8 Å². The van der Waals surface area contributed by atoms with Crippen LogP contribution in [0, 0.1) is 0 Å². The van der Waals surface area contributed by atoms with Gasteiger partial charge in [0.25, 0.3) is 0 Å². The van der Waals surface area contributed by atoms with Gasteiger partial charge in [-0.3, -0.25) is 9.78 Å². The lowest BCUT2D eigenvalue weighted by molar-refractivity contribution is 0.103. The highest BCUT2D eigenvalue weighted by atomic mass is 16.1. The van der Waals surface area contributed by atoms with E-state index in [0.29, 0.717) is 5.69 Å². The molecule has 0 amide bonds. The number of Topliss-reactive ketones (excluding diaryl/α,β-unsaturated/α-hetero) is 1. The van der Waals surface area contributed by atoms with Gasteiger partial charge in [0, 0.05) is 17.3 Å². The van der Waals surface area contributed by atoms with Crippen LogP contribution in [0.3, 0.4) is 0 Å². The molecule has 0 spiro atoms. The van der Waals surface area contributed by atoms with Gasteiger partial charge in [0.05, 0.1) is 0 Å². The molecule has 15 heavy (non-hydrogen) atoms. The predicted molar refractivity (Wildman–Crippen MR) is 62.7 cm³/mol. The van der Waals surface area contributed by atoms with Gasteiger partial charge in [-0.1, -0.05) is 12.1 Å². The van der Waals surface area contributed by atoms with Gasteiger partial charge in [-0.15, -0.1) is 6.58 Å². The molecule has 0 N–H and O–H groups in total. The van der Waals surface area contributed by atoms with Crippen molar-refractivity contribution in [3.63, 3.8) is 0 Å². The monoisotopic (exact) mass is 201 g/mol. The van der Waals surface area contributed by atoms with Crippen LogP contribution in [0.25, 0.3) is 5.57 Å². The molecular formula is C13H15NO. The Bertz CT molecular complexity index is 430. The number of fused-ring (bicyclic) bond motifs is 1. The maximum absolute atomic E-state index is 11.5. The Hall–Kier alpha value is -1.70. The highest BCUT2D eigenvalue weighted by Gasteiger charge is 2.24. The second-order valence-corrected chi connectivity index (χ2v) is 3.39. The van der Waals surface area contributed by atoms with Gasteiger partial charge in [-0.05, 0) is 32.4 Å². The second-order valence-electron chi connectivity index (χ2n) is 3.39. The van der Waals surface area contributed by atoms with Gasteiger partial charge in [-0.25, -0.2) is 0 Å². The maximum Gasteiger partial charge on any atom is 0.207 e. The summed E-state index contributed by atoms with van der Waals surface area (Å²) in [6, 6.07) is 3.79. The van der Waals surface area contributed by atoms with Crippen LogP contribution < -0.4 is 0 Å². The standard InChI is InChI=1S/C10H9NO.C3H6/c1-6-7(2)10(12)9-8(6)4-3-5-11-9;1-3-2/h3-5H,1-2H3;3H,1H2,2H3. The van der Waals surface area contributed by atoms with E-state index < -0.39 is 0 Å². The van der Waals surface area contributed by atoms with Gasteiger partial charge in [0.1, 0.15) is 5.69 Å². The maximum atomic E-state index is 11.5. The molecule has 2 nitrogen and oxygen atoms in total. The number of hydrogen-bond acceptors (Lipinski definition) is 2. The normalized spacial score (nSPS) is 13.1. The molecule has 0 unspecified atom stereocenters. The first kappa shape index (κ1) is 11.4. The number of aromatic nitrogens is 1. The molecule has 0 atom stereocenters. The Kier molecular flexibility index (Phi) is 3.56. The topological polar surface area (TPSA) is 30.0 Å². The molecule has 1 aliphatic carbocycles. The fraction of sp³-hybridized carbons (Fsp3) is 0.231. The molecule has 78 valence electrons. The van der Waals surface area contributed by atoms with Crippen molar-refractivity contribution < 1.29 is 4.79 Å². The Labute approximate surface area is 90.4 Å². The number of carbonyl (C=O) groups is 1. The van der Waals surface area contributed by atoms with E-state index in [1.165, 1.54) is 0 Å². The lowest BCUT2D eigenvalue weighted by atomic mass is 10.1. The summed E-state index contributed by atoms with van der Waals surface area (Å²) in [7, 11) is 0. The quantitative estimate of drug-likeness (QED) is 0.603.